The summed E-state index contributed by atoms with van der Waals surface area (Å²) in [5, 5.41) is 5.71. The summed E-state index contributed by atoms with van der Waals surface area (Å²) in [5.74, 6) is 1.21. The molecule has 0 radical (unpaired) electrons. The molecule has 2 rings (SSSR count). The quantitative estimate of drug-likeness (QED) is 0.778. The Balaban J connectivity index is 1.93. The van der Waals surface area contributed by atoms with Gasteiger partial charge in [0, 0.05) is 22.4 Å². The fraction of sp³-hybridized carbons (Fsp3) is 0.375. The van der Waals surface area contributed by atoms with Crippen LogP contribution in [0.3, 0.4) is 0 Å². The van der Waals surface area contributed by atoms with E-state index in [2.05, 4.69) is 76.9 Å². The average molecular weight is 338 g/mol. The van der Waals surface area contributed by atoms with Crippen LogP contribution in [0.5, 0.6) is 0 Å². The van der Waals surface area contributed by atoms with E-state index in [9.17, 15) is 0 Å². The van der Waals surface area contributed by atoms with Crippen molar-refractivity contribution in [2.75, 3.05) is 6.54 Å². The molecule has 0 aliphatic heterocycles. The summed E-state index contributed by atoms with van der Waals surface area (Å²) in [5.41, 5.74) is 1.43. The van der Waals surface area contributed by atoms with Gasteiger partial charge in [-0.1, -0.05) is 44.2 Å². The van der Waals surface area contributed by atoms with Crippen molar-refractivity contribution in [3.05, 3.63) is 56.7 Å². The second-order valence-electron chi connectivity index (χ2n) is 5.08. The summed E-state index contributed by atoms with van der Waals surface area (Å²) < 4.78 is 1.21. The lowest BCUT2D eigenvalue weighted by molar-refractivity contribution is 0.462. The molecule has 0 bridgehead atoms. The van der Waals surface area contributed by atoms with Gasteiger partial charge in [0.15, 0.2) is 0 Å². The molecular weight excluding hydrogens is 318 g/mol. The first-order valence-corrected chi connectivity index (χ1v) is 8.33. The largest absolute Gasteiger partial charge is 0.311 e. The third-order valence-electron chi connectivity index (χ3n) is 3.37. The minimum absolute atomic E-state index is 0.569. The predicted octanol–water partition coefficient (Wildman–Crippen LogP) is 5.04. The van der Waals surface area contributed by atoms with E-state index < -0.39 is 0 Å². The van der Waals surface area contributed by atoms with Crippen LogP contribution >= 0.6 is 27.3 Å². The van der Waals surface area contributed by atoms with Crippen molar-refractivity contribution in [2.24, 2.45) is 5.92 Å². The first-order valence-electron chi connectivity index (χ1n) is 6.66. The maximum absolute atomic E-state index is 3.59. The normalized spacial score (nSPS) is 12.8. The van der Waals surface area contributed by atoms with Crippen molar-refractivity contribution < 1.29 is 0 Å². The van der Waals surface area contributed by atoms with E-state index in [4.69, 9.17) is 0 Å². The average Bonchev–Trinajstić information content (AvgIpc) is 2.81. The lowest BCUT2D eigenvalue weighted by Gasteiger charge is -2.22. The summed E-state index contributed by atoms with van der Waals surface area (Å²) in [6.07, 6.45) is 0. The first kappa shape index (κ1) is 14.8. The molecule has 3 heteroatoms. The van der Waals surface area contributed by atoms with Crippen molar-refractivity contribution in [2.45, 2.75) is 26.3 Å². The van der Waals surface area contributed by atoms with Crippen LogP contribution in [0.25, 0.3) is 0 Å². The summed E-state index contributed by atoms with van der Waals surface area (Å²) in [4.78, 5) is 1.37. The Morgan fingerprint density at radius 2 is 1.89 bits per heavy atom. The number of rotatable bonds is 6. The second-order valence-corrected chi connectivity index (χ2v) is 6.94. The number of hydrogen-bond acceptors (Lipinski definition) is 2. The molecule has 0 aliphatic carbocycles. The molecular formula is C16H20BrNS. The molecule has 0 aliphatic rings. The number of benzene rings is 1. The predicted molar refractivity (Wildman–Crippen MR) is 87.7 cm³/mol. The fourth-order valence-electron chi connectivity index (χ4n) is 2.23. The molecule has 0 amide bonds. The standard InChI is InChI=1S/C16H20BrNS/c1-12(2)14(13-6-4-3-5-7-13)10-18-11-16-15(17)8-9-19-16/h3-9,12,14,18H,10-11H2,1-2H3. The van der Waals surface area contributed by atoms with Gasteiger partial charge in [-0.15, -0.1) is 11.3 Å². The lowest BCUT2D eigenvalue weighted by Crippen LogP contribution is -2.24. The number of thiophene rings is 1. The molecule has 1 unspecified atom stereocenters. The molecule has 19 heavy (non-hydrogen) atoms. The molecule has 0 saturated carbocycles. The van der Waals surface area contributed by atoms with E-state index in [1.807, 2.05) is 0 Å². The van der Waals surface area contributed by atoms with Crippen LogP contribution in [0.15, 0.2) is 46.3 Å². The highest BCUT2D eigenvalue weighted by Crippen LogP contribution is 2.25. The van der Waals surface area contributed by atoms with E-state index in [0.717, 1.165) is 13.1 Å². The van der Waals surface area contributed by atoms with Crippen LogP contribution in [0.4, 0.5) is 0 Å². The van der Waals surface area contributed by atoms with Crippen molar-refractivity contribution >= 4 is 27.3 Å². The zero-order chi connectivity index (χ0) is 13.7. The number of nitrogens with one attached hydrogen (secondary N) is 1. The first-order chi connectivity index (χ1) is 9.18. The molecule has 1 aromatic carbocycles. The van der Waals surface area contributed by atoms with Crippen LogP contribution in [0.2, 0.25) is 0 Å². The molecule has 1 atom stereocenters. The van der Waals surface area contributed by atoms with Crippen molar-refractivity contribution in [3.63, 3.8) is 0 Å². The van der Waals surface area contributed by atoms with Crippen molar-refractivity contribution in [1.29, 1.82) is 0 Å². The van der Waals surface area contributed by atoms with Gasteiger partial charge >= 0.3 is 0 Å². The summed E-state index contributed by atoms with van der Waals surface area (Å²) >= 11 is 5.37. The smallest absolute Gasteiger partial charge is 0.0327 e. The molecule has 0 spiro atoms. The molecule has 2 aromatic rings. The Kier molecular flexibility index (Phi) is 5.61. The molecule has 0 fully saturated rings. The van der Waals surface area contributed by atoms with Gasteiger partial charge in [-0.2, -0.15) is 0 Å². The van der Waals surface area contributed by atoms with E-state index in [-0.39, 0.29) is 0 Å². The third kappa shape index (κ3) is 4.16. The molecule has 1 nitrogen and oxygen atoms in total. The highest BCUT2D eigenvalue weighted by atomic mass is 79.9. The summed E-state index contributed by atoms with van der Waals surface area (Å²) in [6.45, 7) is 6.54. The van der Waals surface area contributed by atoms with Gasteiger partial charge in [0.2, 0.25) is 0 Å². The van der Waals surface area contributed by atoms with Gasteiger partial charge in [0.1, 0.15) is 0 Å². The maximum Gasteiger partial charge on any atom is 0.0327 e. The highest BCUT2D eigenvalue weighted by molar-refractivity contribution is 9.10. The van der Waals surface area contributed by atoms with Crippen molar-refractivity contribution in [1.82, 2.24) is 5.32 Å². The van der Waals surface area contributed by atoms with Crippen LogP contribution in [-0.2, 0) is 6.54 Å². The van der Waals surface area contributed by atoms with Gasteiger partial charge in [-0.3, -0.25) is 0 Å². The Morgan fingerprint density at radius 1 is 1.16 bits per heavy atom. The lowest BCUT2D eigenvalue weighted by atomic mass is 9.88. The number of hydrogen-bond donors (Lipinski definition) is 1. The highest BCUT2D eigenvalue weighted by Gasteiger charge is 2.15. The van der Waals surface area contributed by atoms with Crippen LogP contribution in [0, 0.1) is 5.92 Å². The molecule has 1 heterocycles. The molecule has 1 aromatic heterocycles. The number of halogens is 1. The SMILES string of the molecule is CC(C)C(CNCc1sccc1Br)c1ccccc1. The summed E-state index contributed by atoms with van der Waals surface area (Å²) in [7, 11) is 0. The zero-order valence-corrected chi connectivity index (χ0v) is 13.8. The van der Waals surface area contributed by atoms with E-state index in [1.165, 1.54) is 14.9 Å². The molecule has 102 valence electrons. The monoisotopic (exact) mass is 337 g/mol. The van der Waals surface area contributed by atoms with E-state index in [1.54, 1.807) is 11.3 Å². The van der Waals surface area contributed by atoms with Crippen LogP contribution in [-0.4, -0.2) is 6.54 Å². The minimum Gasteiger partial charge on any atom is -0.311 e. The minimum atomic E-state index is 0.569. The Labute approximate surface area is 128 Å². The Hall–Kier alpha value is -0.640. The third-order valence-corrected chi connectivity index (χ3v) is 5.30. The van der Waals surface area contributed by atoms with E-state index in [0.29, 0.717) is 11.8 Å². The maximum atomic E-state index is 3.59. The van der Waals surface area contributed by atoms with Crippen molar-refractivity contribution in [3.8, 4) is 0 Å². The Morgan fingerprint density at radius 3 is 2.47 bits per heavy atom. The summed E-state index contributed by atoms with van der Waals surface area (Å²) in [6, 6.07) is 12.9. The van der Waals surface area contributed by atoms with Gasteiger partial charge in [0.25, 0.3) is 0 Å². The van der Waals surface area contributed by atoms with Gasteiger partial charge < -0.3 is 5.32 Å². The van der Waals surface area contributed by atoms with Crippen LogP contribution < -0.4 is 5.32 Å². The second kappa shape index (κ2) is 7.22. The fourth-order valence-corrected chi connectivity index (χ4v) is 3.69. The topological polar surface area (TPSA) is 12.0 Å². The van der Waals surface area contributed by atoms with Gasteiger partial charge in [-0.05, 0) is 44.8 Å². The van der Waals surface area contributed by atoms with Gasteiger partial charge in [-0.25, -0.2) is 0 Å². The molecule has 1 N–H and O–H groups in total. The van der Waals surface area contributed by atoms with Crippen LogP contribution in [0.1, 0.15) is 30.2 Å². The Bertz CT molecular complexity index is 492. The van der Waals surface area contributed by atoms with E-state index >= 15 is 0 Å². The van der Waals surface area contributed by atoms with Gasteiger partial charge in [0.05, 0.1) is 0 Å². The molecule has 0 saturated heterocycles. The zero-order valence-electron chi connectivity index (χ0n) is 11.4.